The van der Waals surface area contributed by atoms with Crippen molar-refractivity contribution >= 4 is 57.7 Å². The van der Waals surface area contributed by atoms with Gasteiger partial charge in [-0.15, -0.1) is 0 Å². The van der Waals surface area contributed by atoms with Gasteiger partial charge < -0.3 is 69.1 Å². The number of piperidine rings is 2. The number of esters is 1. The summed E-state index contributed by atoms with van der Waals surface area (Å²) in [6.45, 7) is 12.7. The third kappa shape index (κ3) is 11.4. The van der Waals surface area contributed by atoms with E-state index in [1.54, 1.807) is 48.1 Å². The molecule has 7 aliphatic rings. The molecule has 22 nitrogen and oxygen atoms in total. The molecule has 10 rings (SSSR count). The molecular formula is C62H74FN5O17. The number of hydrogen-bond donors (Lipinski definition) is 6. The van der Waals surface area contributed by atoms with Crippen molar-refractivity contribution in [3.05, 3.63) is 104 Å². The Hall–Kier alpha value is -7.89. The van der Waals surface area contributed by atoms with Crippen molar-refractivity contribution in [1.82, 2.24) is 20.1 Å². The number of halogens is 1. The van der Waals surface area contributed by atoms with Crippen molar-refractivity contribution in [2.24, 2.45) is 29.6 Å². The number of carbonyl (C=O) groups is 7. The molecule has 5 aliphatic heterocycles. The van der Waals surface area contributed by atoms with Crippen LogP contribution in [0.4, 0.5) is 10.1 Å². The molecule has 2 saturated heterocycles. The molecule has 85 heavy (non-hydrogen) atoms. The second kappa shape index (κ2) is 24.2. The zero-order valence-corrected chi connectivity index (χ0v) is 49.3. The Bertz CT molecular complexity index is 3460. The van der Waals surface area contributed by atoms with E-state index < -0.39 is 140 Å². The lowest BCUT2D eigenvalue weighted by molar-refractivity contribution is -0.160. The number of carboxylic acid groups (broad SMARTS) is 1. The number of allylic oxidation sites excluding steroid dienone is 4. The Morgan fingerprint density at radius 3 is 2.20 bits per heavy atom. The van der Waals surface area contributed by atoms with Crippen LogP contribution in [0.3, 0.4) is 0 Å². The Labute approximate surface area is 490 Å². The maximum atomic E-state index is 16.3. The zero-order chi connectivity index (χ0) is 61.8. The maximum absolute atomic E-state index is 16.3. The number of phenolic OH excluding ortho intramolecular Hbond substituents is 1. The van der Waals surface area contributed by atoms with E-state index in [4.69, 9.17) is 23.7 Å². The number of nitrogens with zero attached hydrogens (tertiary/aromatic N) is 3. The number of ether oxygens (including phenoxy) is 5. The second-order valence-corrected chi connectivity index (χ2v) is 23.5. The van der Waals surface area contributed by atoms with Gasteiger partial charge in [-0.25, -0.2) is 9.18 Å². The van der Waals surface area contributed by atoms with Crippen LogP contribution in [0.5, 0.6) is 17.2 Å². The van der Waals surface area contributed by atoms with Crippen molar-refractivity contribution in [1.29, 1.82) is 0 Å². The Morgan fingerprint density at radius 1 is 0.871 bits per heavy atom. The highest BCUT2D eigenvalue weighted by atomic mass is 19.1. The number of carbonyl (C=O) groups excluding carboxylic acids is 6. The number of rotatable bonds is 9. The lowest BCUT2D eigenvalue weighted by Crippen LogP contribution is -2.51. The number of hydrogen-bond acceptors (Lipinski definition) is 18. The second-order valence-electron chi connectivity index (χ2n) is 23.5. The Kier molecular flexibility index (Phi) is 17.6. The number of ketones is 3. The van der Waals surface area contributed by atoms with Gasteiger partial charge in [0.15, 0.2) is 11.6 Å². The average molecular weight is 1180 g/mol. The van der Waals surface area contributed by atoms with Gasteiger partial charge >= 0.3 is 17.7 Å². The zero-order valence-electron chi connectivity index (χ0n) is 49.3. The van der Waals surface area contributed by atoms with E-state index in [9.17, 15) is 49.2 Å². The van der Waals surface area contributed by atoms with Crippen LogP contribution >= 0.6 is 0 Å². The summed E-state index contributed by atoms with van der Waals surface area (Å²) in [6.07, 6.45) is 7.11. The summed E-state index contributed by atoms with van der Waals surface area (Å²) in [6, 6.07) is 0.465. The summed E-state index contributed by atoms with van der Waals surface area (Å²) in [4.78, 5) is 115. The number of anilines is 1. The number of aliphatic hydroxyl groups is 2. The molecule has 10 atom stereocenters. The van der Waals surface area contributed by atoms with Crippen molar-refractivity contribution in [2.45, 2.75) is 136 Å². The first-order chi connectivity index (χ1) is 40.2. The van der Waals surface area contributed by atoms with Crippen LogP contribution in [-0.4, -0.2) is 148 Å². The van der Waals surface area contributed by atoms with Crippen molar-refractivity contribution in [2.75, 3.05) is 45.3 Å². The number of amides is 2. The lowest BCUT2D eigenvalue weighted by atomic mass is 9.78. The molecule has 6 heterocycles. The summed E-state index contributed by atoms with van der Waals surface area (Å²) in [7, 11) is 2.76. The van der Waals surface area contributed by atoms with Gasteiger partial charge in [0, 0.05) is 106 Å². The van der Waals surface area contributed by atoms with Gasteiger partial charge in [-0.05, 0) is 64.5 Å². The van der Waals surface area contributed by atoms with E-state index >= 15 is 14.0 Å². The van der Waals surface area contributed by atoms with E-state index in [-0.39, 0.29) is 94.9 Å². The quantitative estimate of drug-likeness (QED) is 0.135. The third-order valence-corrected chi connectivity index (χ3v) is 17.8. The summed E-state index contributed by atoms with van der Waals surface area (Å²) >= 11 is 0. The highest BCUT2D eigenvalue weighted by Gasteiger charge is 2.53. The van der Waals surface area contributed by atoms with Crippen LogP contribution in [0.25, 0.3) is 10.9 Å². The van der Waals surface area contributed by atoms with Crippen LogP contribution in [0.15, 0.2) is 64.6 Å². The van der Waals surface area contributed by atoms with Crippen molar-refractivity contribution in [3.63, 3.8) is 0 Å². The highest BCUT2D eigenvalue weighted by molar-refractivity contribution is 6.32. The fraction of sp³-hybridized carbons (Fsp3) is 0.516. The number of methoxy groups -OCH3 is 2. The molecular weight excluding hydrogens is 1110 g/mol. The standard InChI is InChI=1S/C62H74FN5O17/c1-28-13-11-14-29(2)59(77)65-45-48(66-22-18-35(19-23-66)60(78)64-36-15-12-21-67(26-36)47-40(63)25-38-46(57(47)82-10)68(37-16-17-37)27-39(52(38)73)61(79)80)54(75)42-43(53(45)74)51(72)33(6)56-44(42)58(76)62(8,85-56)83-24-20-41(81-9)30(3)55(84-34(7)69)32(5)50(71)31(4)49(28)70/h11,13-14,20,24-25,27-28,30-32,35-37,41,49-50,55,70-72H,12,15-19,21-23,26H2,1-10H3,(H,64,78)(H,65,77)(H,79,80)/b13-11+,24-20+,29-14-/t28-,30+,31+,32+,36?,41-,49-,50+,55+,62-/m0/s1. The van der Waals surface area contributed by atoms with Gasteiger partial charge in [0.1, 0.15) is 40.2 Å². The largest absolute Gasteiger partial charge is 0.507 e. The van der Waals surface area contributed by atoms with Gasteiger partial charge in [0.2, 0.25) is 22.9 Å². The summed E-state index contributed by atoms with van der Waals surface area (Å²) < 4.78 is 47.6. The maximum Gasteiger partial charge on any atom is 0.341 e. The molecule has 6 N–H and O–H groups in total. The lowest BCUT2D eigenvalue weighted by Gasteiger charge is -2.38. The normalized spacial score (nSPS) is 29.4. The van der Waals surface area contributed by atoms with Crippen LogP contribution in [0, 0.1) is 42.3 Å². The van der Waals surface area contributed by atoms with E-state index in [1.165, 1.54) is 66.3 Å². The van der Waals surface area contributed by atoms with E-state index in [0.717, 1.165) is 25.2 Å². The van der Waals surface area contributed by atoms with E-state index in [2.05, 4.69) is 10.6 Å². The molecule has 0 spiro atoms. The van der Waals surface area contributed by atoms with Crippen LogP contribution in [0.2, 0.25) is 0 Å². The third-order valence-electron chi connectivity index (χ3n) is 17.8. The minimum atomic E-state index is -2.19. The number of Topliss-reactive ketones (excluding diaryl/α,β-unsaturated/α-hetero) is 3. The molecule has 3 aromatic rings. The Balaban J connectivity index is 1.01. The summed E-state index contributed by atoms with van der Waals surface area (Å²) in [5.41, 5.74) is -3.13. The molecule has 1 unspecified atom stereocenters. The number of aromatic hydroxyl groups is 1. The summed E-state index contributed by atoms with van der Waals surface area (Å²) in [5.74, 6) is -13.2. The fourth-order valence-corrected chi connectivity index (χ4v) is 12.7. The fourth-order valence-electron chi connectivity index (χ4n) is 12.7. The van der Waals surface area contributed by atoms with Crippen molar-refractivity contribution in [3.8, 4) is 17.2 Å². The Morgan fingerprint density at radius 2 is 1.56 bits per heavy atom. The van der Waals surface area contributed by atoms with E-state index in [1.807, 2.05) is 0 Å². The smallest absolute Gasteiger partial charge is 0.341 e. The number of aliphatic hydroxyl groups excluding tert-OH is 2. The number of benzene rings is 2. The monoisotopic (exact) mass is 1180 g/mol. The molecule has 2 aliphatic carbocycles. The van der Waals surface area contributed by atoms with Gasteiger partial charge in [-0.3, -0.25) is 33.6 Å². The molecule has 456 valence electrons. The minimum Gasteiger partial charge on any atom is -0.507 e. The number of phenols is 1. The van der Waals surface area contributed by atoms with Crippen LogP contribution < -0.4 is 30.4 Å². The number of carboxylic acids is 1. The first kappa shape index (κ1) is 61.7. The first-order valence-electron chi connectivity index (χ1n) is 28.8. The first-order valence-corrected chi connectivity index (χ1v) is 28.8. The predicted octanol–water partition coefficient (Wildman–Crippen LogP) is 5.95. The van der Waals surface area contributed by atoms with Crippen molar-refractivity contribution < 1.29 is 82.1 Å². The molecule has 0 radical (unpaired) electrons. The van der Waals surface area contributed by atoms with Gasteiger partial charge in [0.05, 0.1) is 59.3 Å². The molecule has 2 aromatic carbocycles. The molecule has 5 bridgehead atoms. The highest BCUT2D eigenvalue weighted by Crippen LogP contribution is 2.50. The predicted molar refractivity (Wildman–Crippen MR) is 306 cm³/mol. The number of nitrogens with one attached hydrogen (secondary N) is 2. The minimum absolute atomic E-state index is 0.000893. The molecule has 1 saturated carbocycles. The van der Waals surface area contributed by atoms with Gasteiger partial charge in [-0.2, -0.15) is 0 Å². The average Bonchev–Trinajstić information content (AvgIpc) is 1.70. The van der Waals surface area contributed by atoms with E-state index in [0.29, 0.717) is 19.4 Å². The molecule has 1 aromatic heterocycles. The summed E-state index contributed by atoms with van der Waals surface area (Å²) in [5, 5.41) is 50.5. The molecule has 3 fully saturated rings. The van der Waals surface area contributed by atoms with Crippen LogP contribution in [0.1, 0.15) is 140 Å². The van der Waals surface area contributed by atoms with Crippen LogP contribution in [-0.2, 0) is 28.6 Å². The molecule has 2 amide bonds. The number of fused-ring (bicyclic) bond motifs is 15. The number of aromatic carboxylic acids is 1. The number of aromatic nitrogens is 1. The number of likely N-dealkylation sites (tertiary alicyclic amines) is 1. The van der Waals surface area contributed by atoms with Gasteiger partial charge in [0.25, 0.3) is 11.7 Å². The SMILES string of the molecule is COc1c(N2CCCC(NC(=O)C3CCN(C4=C5NC(=O)/C(C)=C\C=C\[C@H](C)[C@H](O)[C@@H](C)[C@@H](O)[C@@H](C)[C@H](OC(C)=O)[C@H](C)[C@@H](OC)/C=C/O[C@@]6(C)Oc7c(C)c(O)c(c(c7C6=O)C4=O)C5=O)CC3)C2)c(F)cc2c(=O)c(C(=O)O)cn(C3CC3)c12. The van der Waals surface area contributed by atoms with Gasteiger partial charge in [-0.1, -0.05) is 45.9 Å². The topological polar surface area (TPSA) is 299 Å². The molecule has 23 heteroatoms. The number of pyridine rings is 1.